The van der Waals surface area contributed by atoms with Gasteiger partial charge in [-0.05, 0) is 24.1 Å². The largest absolute Gasteiger partial charge is 0.465 e. The molecular formula is C24H24N4O4S. The molecule has 0 fully saturated rings. The molecule has 9 heteroatoms. The van der Waals surface area contributed by atoms with E-state index < -0.39 is 11.9 Å². The second-order valence-electron chi connectivity index (χ2n) is 7.50. The first-order valence-corrected chi connectivity index (χ1v) is 11.7. The summed E-state index contributed by atoms with van der Waals surface area (Å²) in [6, 6.07) is 16.4. The number of hydrogen-bond acceptors (Lipinski definition) is 6. The Morgan fingerprint density at radius 2 is 1.76 bits per heavy atom. The Hall–Kier alpha value is -3.59. The first-order valence-electron chi connectivity index (χ1n) is 10.5. The average molecular weight is 465 g/mol. The number of thioether (sulfide) groups is 1. The topological polar surface area (TPSA) is 102 Å². The van der Waals surface area contributed by atoms with Crippen molar-refractivity contribution in [2.75, 3.05) is 19.0 Å². The molecule has 33 heavy (non-hydrogen) atoms. The van der Waals surface area contributed by atoms with Gasteiger partial charge in [0.25, 0.3) is 5.91 Å². The standard InChI is InChI=1S/C24H24N4O4S/c1-32-24(31)18-10-6-5-9-17(18)23(30)26-22-19-14-33-15-20(19)27-28(22)13-21(29)25-12-11-16-7-3-2-4-8-16/h2-10H,11-15H2,1H3,(H,25,29)(H,26,30). The van der Waals surface area contributed by atoms with Crippen molar-refractivity contribution < 1.29 is 19.1 Å². The van der Waals surface area contributed by atoms with Crippen molar-refractivity contribution >= 4 is 35.4 Å². The van der Waals surface area contributed by atoms with Gasteiger partial charge in [0, 0.05) is 23.6 Å². The predicted octanol–water partition coefficient (Wildman–Crippen LogP) is 3.03. The second kappa shape index (κ2) is 10.4. The molecule has 0 saturated carbocycles. The third kappa shape index (κ3) is 5.25. The molecule has 0 bridgehead atoms. The fourth-order valence-electron chi connectivity index (χ4n) is 3.65. The van der Waals surface area contributed by atoms with Crippen molar-refractivity contribution in [1.82, 2.24) is 15.1 Å². The molecule has 2 aromatic carbocycles. The molecule has 0 spiro atoms. The number of nitrogens with zero attached hydrogens (tertiary/aromatic N) is 2. The SMILES string of the molecule is COC(=O)c1ccccc1C(=O)Nc1c2c(nn1CC(=O)NCCc1ccccc1)CSC2. The van der Waals surface area contributed by atoms with Crippen molar-refractivity contribution in [2.45, 2.75) is 24.5 Å². The van der Waals surface area contributed by atoms with Crippen LogP contribution in [0.1, 0.15) is 37.5 Å². The lowest BCUT2D eigenvalue weighted by Gasteiger charge is -2.13. The number of anilines is 1. The zero-order chi connectivity index (χ0) is 23.2. The number of fused-ring (bicyclic) bond motifs is 1. The molecule has 1 aromatic heterocycles. The molecule has 0 saturated heterocycles. The molecule has 1 aliphatic heterocycles. The van der Waals surface area contributed by atoms with Crippen LogP contribution in [0, 0.1) is 0 Å². The van der Waals surface area contributed by atoms with E-state index in [0.717, 1.165) is 29.0 Å². The molecule has 0 radical (unpaired) electrons. The summed E-state index contributed by atoms with van der Waals surface area (Å²) in [7, 11) is 1.27. The van der Waals surface area contributed by atoms with Gasteiger partial charge in [0.1, 0.15) is 12.4 Å². The van der Waals surface area contributed by atoms with Gasteiger partial charge in [-0.2, -0.15) is 16.9 Å². The van der Waals surface area contributed by atoms with Gasteiger partial charge in [-0.15, -0.1) is 0 Å². The van der Waals surface area contributed by atoms with Crippen molar-refractivity contribution in [3.05, 3.63) is 82.5 Å². The van der Waals surface area contributed by atoms with Crippen molar-refractivity contribution in [2.24, 2.45) is 0 Å². The first-order chi connectivity index (χ1) is 16.1. The number of carbonyl (C=O) groups is 3. The minimum Gasteiger partial charge on any atom is -0.465 e. The van der Waals surface area contributed by atoms with Crippen LogP contribution in [0.25, 0.3) is 0 Å². The van der Waals surface area contributed by atoms with E-state index in [1.54, 1.807) is 36.0 Å². The van der Waals surface area contributed by atoms with Crippen LogP contribution < -0.4 is 10.6 Å². The number of carbonyl (C=O) groups excluding carboxylic acids is 3. The molecule has 4 rings (SSSR count). The van der Waals surface area contributed by atoms with Gasteiger partial charge in [-0.25, -0.2) is 9.48 Å². The van der Waals surface area contributed by atoms with E-state index in [4.69, 9.17) is 4.74 Å². The van der Waals surface area contributed by atoms with Gasteiger partial charge in [0.05, 0.1) is 23.9 Å². The number of esters is 1. The average Bonchev–Trinajstić information content (AvgIpc) is 3.41. The van der Waals surface area contributed by atoms with Gasteiger partial charge in [0.2, 0.25) is 5.91 Å². The zero-order valence-corrected chi connectivity index (χ0v) is 19.0. The highest BCUT2D eigenvalue weighted by atomic mass is 32.2. The van der Waals surface area contributed by atoms with Crippen molar-refractivity contribution in [3.8, 4) is 0 Å². The number of nitrogens with one attached hydrogen (secondary N) is 2. The van der Waals surface area contributed by atoms with Crippen molar-refractivity contribution in [1.29, 1.82) is 0 Å². The highest BCUT2D eigenvalue weighted by molar-refractivity contribution is 7.98. The molecule has 0 unspecified atom stereocenters. The molecular weight excluding hydrogens is 440 g/mol. The fourth-order valence-corrected chi connectivity index (χ4v) is 4.68. The number of rotatable bonds is 8. The van der Waals surface area contributed by atoms with Crippen LogP contribution in [0.5, 0.6) is 0 Å². The number of ether oxygens (including phenoxy) is 1. The maximum atomic E-state index is 13.1. The minimum atomic E-state index is -0.590. The summed E-state index contributed by atoms with van der Waals surface area (Å²) < 4.78 is 6.32. The fraction of sp³-hybridized carbons (Fsp3) is 0.250. The Bertz CT molecular complexity index is 1180. The highest BCUT2D eigenvalue weighted by Gasteiger charge is 2.26. The quantitative estimate of drug-likeness (QED) is 0.497. The van der Waals surface area contributed by atoms with Gasteiger partial charge in [-0.1, -0.05) is 42.5 Å². The van der Waals surface area contributed by atoms with Gasteiger partial charge >= 0.3 is 5.97 Å². The number of methoxy groups -OCH3 is 1. The van der Waals surface area contributed by atoms with E-state index in [2.05, 4.69) is 15.7 Å². The summed E-state index contributed by atoms with van der Waals surface area (Å²) in [5, 5.41) is 10.3. The molecule has 2 heterocycles. The summed E-state index contributed by atoms with van der Waals surface area (Å²) >= 11 is 1.70. The smallest absolute Gasteiger partial charge is 0.338 e. The predicted molar refractivity (Wildman–Crippen MR) is 126 cm³/mol. The summed E-state index contributed by atoms with van der Waals surface area (Å²) in [5.74, 6) is 0.663. The first kappa shape index (κ1) is 22.6. The summed E-state index contributed by atoms with van der Waals surface area (Å²) in [6.45, 7) is 0.495. The number of hydrogen-bond donors (Lipinski definition) is 2. The Morgan fingerprint density at radius 1 is 1.03 bits per heavy atom. The van der Waals surface area contributed by atoms with Crippen LogP contribution in [-0.2, 0) is 34.0 Å². The molecule has 1 aliphatic rings. The zero-order valence-electron chi connectivity index (χ0n) is 18.2. The van der Waals surface area contributed by atoms with Crippen LogP contribution in [0.15, 0.2) is 54.6 Å². The monoisotopic (exact) mass is 464 g/mol. The lowest BCUT2D eigenvalue weighted by atomic mass is 10.1. The third-order valence-electron chi connectivity index (χ3n) is 5.30. The third-order valence-corrected chi connectivity index (χ3v) is 6.27. The van der Waals surface area contributed by atoms with E-state index in [9.17, 15) is 14.4 Å². The molecule has 0 aliphatic carbocycles. The Labute approximate surface area is 195 Å². The van der Waals surface area contributed by atoms with Crippen LogP contribution in [0.2, 0.25) is 0 Å². The van der Waals surface area contributed by atoms with Crippen LogP contribution in [0.3, 0.4) is 0 Å². The number of aromatic nitrogens is 2. The van der Waals surface area contributed by atoms with E-state index in [0.29, 0.717) is 18.1 Å². The van der Waals surface area contributed by atoms with Crippen molar-refractivity contribution in [3.63, 3.8) is 0 Å². The molecule has 8 nitrogen and oxygen atoms in total. The molecule has 2 N–H and O–H groups in total. The summed E-state index contributed by atoms with van der Waals surface area (Å²) in [6.07, 6.45) is 0.729. The Balaban J connectivity index is 1.47. The maximum Gasteiger partial charge on any atom is 0.338 e. The number of benzene rings is 2. The van der Waals surface area contributed by atoms with Crippen LogP contribution in [0.4, 0.5) is 5.82 Å². The van der Waals surface area contributed by atoms with Crippen LogP contribution in [-0.4, -0.2) is 41.2 Å². The van der Waals surface area contributed by atoms with Gasteiger partial charge in [0.15, 0.2) is 0 Å². The van der Waals surface area contributed by atoms with E-state index in [-0.39, 0.29) is 23.6 Å². The Morgan fingerprint density at radius 3 is 2.52 bits per heavy atom. The van der Waals surface area contributed by atoms with Gasteiger partial charge < -0.3 is 15.4 Å². The number of amides is 2. The lowest BCUT2D eigenvalue weighted by molar-refractivity contribution is -0.121. The molecule has 3 aromatic rings. The summed E-state index contributed by atoms with van der Waals surface area (Å²) in [4.78, 5) is 37.7. The minimum absolute atomic E-state index is 0.0132. The highest BCUT2D eigenvalue weighted by Crippen LogP contribution is 2.35. The van der Waals surface area contributed by atoms with E-state index in [1.165, 1.54) is 11.8 Å². The van der Waals surface area contributed by atoms with Crippen LogP contribution >= 0.6 is 11.8 Å². The summed E-state index contributed by atoms with van der Waals surface area (Å²) in [5.41, 5.74) is 3.27. The normalized spacial score (nSPS) is 12.2. The van der Waals surface area contributed by atoms with Gasteiger partial charge in [-0.3, -0.25) is 9.59 Å². The lowest BCUT2D eigenvalue weighted by Crippen LogP contribution is -2.30. The molecule has 170 valence electrons. The van der Waals surface area contributed by atoms with E-state index in [1.807, 2.05) is 30.3 Å². The Kier molecular flexibility index (Phi) is 7.09. The molecule has 0 atom stereocenters. The van der Waals surface area contributed by atoms with E-state index >= 15 is 0 Å². The maximum absolute atomic E-state index is 13.1. The second-order valence-corrected chi connectivity index (χ2v) is 8.49. The molecule has 2 amide bonds.